The van der Waals surface area contributed by atoms with Gasteiger partial charge in [-0.1, -0.05) is 0 Å². The first-order chi connectivity index (χ1) is 12.1. The van der Waals surface area contributed by atoms with Crippen molar-refractivity contribution >= 4 is 17.7 Å². The Kier molecular flexibility index (Phi) is 4.50. The third kappa shape index (κ3) is 3.42. The van der Waals surface area contributed by atoms with Crippen LogP contribution in [-0.4, -0.2) is 38.1 Å². The second kappa shape index (κ2) is 6.78. The van der Waals surface area contributed by atoms with Crippen molar-refractivity contribution in [1.29, 1.82) is 0 Å². The lowest BCUT2D eigenvalue weighted by Gasteiger charge is -2.26. The van der Waals surface area contributed by atoms with Gasteiger partial charge in [0.25, 0.3) is 5.56 Å². The van der Waals surface area contributed by atoms with E-state index in [9.17, 15) is 4.79 Å². The molecule has 0 N–H and O–H groups in total. The molecule has 1 atom stereocenters. The predicted octanol–water partition coefficient (Wildman–Crippen LogP) is 2.11. The zero-order valence-corrected chi connectivity index (χ0v) is 15.6. The van der Waals surface area contributed by atoms with Gasteiger partial charge in [0.1, 0.15) is 0 Å². The smallest absolute Gasteiger partial charge is 0.267 e. The first-order valence-corrected chi connectivity index (χ1v) is 10.0. The number of thioether (sulfide) groups is 1. The first-order valence-electron chi connectivity index (χ1n) is 8.87. The lowest BCUT2D eigenvalue weighted by Crippen LogP contribution is -2.38. The summed E-state index contributed by atoms with van der Waals surface area (Å²) < 4.78 is 1.65. The van der Waals surface area contributed by atoms with E-state index in [2.05, 4.69) is 20.0 Å². The van der Waals surface area contributed by atoms with Gasteiger partial charge < -0.3 is 4.90 Å². The van der Waals surface area contributed by atoms with Crippen LogP contribution in [0.25, 0.3) is 0 Å². The van der Waals surface area contributed by atoms with E-state index in [1.807, 2.05) is 31.7 Å². The molecule has 2 aliphatic heterocycles. The molecule has 0 amide bonds. The van der Waals surface area contributed by atoms with Crippen molar-refractivity contribution in [2.45, 2.75) is 51.4 Å². The Labute approximate surface area is 151 Å². The molecule has 0 radical (unpaired) electrons. The molecule has 2 aliphatic rings. The van der Waals surface area contributed by atoms with Gasteiger partial charge in [-0.15, -0.1) is 0 Å². The standard InChI is InChI=1S/C18H23N5OS/c1-12-8-13(2)20-18(19-12)22-6-3-4-15(22)10-23-17(24)9-14-11-25-7-5-16(14)21-23/h8-9,15H,3-7,10-11H2,1-2H3. The molecule has 0 saturated carbocycles. The Morgan fingerprint density at radius 2 is 2.04 bits per heavy atom. The van der Waals surface area contributed by atoms with E-state index in [-0.39, 0.29) is 11.6 Å². The van der Waals surface area contributed by atoms with Crippen LogP contribution < -0.4 is 10.5 Å². The SMILES string of the molecule is Cc1cc(C)nc(N2CCCC2Cn2nc3c(cc2=O)CSCC3)n1. The number of hydrogen-bond donors (Lipinski definition) is 0. The summed E-state index contributed by atoms with van der Waals surface area (Å²) in [5, 5.41) is 4.66. The molecule has 2 aromatic rings. The molecule has 132 valence electrons. The third-order valence-electron chi connectivity index (χ3n) is 4.89. The number of fused-ring (bicyclic) bond motifs is 1. The van der Waals surface area contributed by atoms with Crippen LogP contribution in [0.5, 0.6) is 0 Å². The topological polar surface area (TPSA) is 63.9 Å². The molecule has 4 rings (SSSR count). The summed E-state index contributed by atoms with van der Waals surface area (Å²) in [6.45, 7) is 5.53. The van der Waals surface area contributed by atoms with E-state index >= 15 is 0 Å². The second-order valence-electron chi connectivity index (χ2n) is 6.88. The van der Waals surface area contributed by atoms with Gasteiger partial charge in [-0.05, 0) is 44.1 Å². The number of rotatable bonds is 3. The number of anilines is 1. The van der Waals surface area contributed by atoms with Gasteiger partial charge in [-0.2, -0.15) is 16.9 Å². The number of nitrogens with zero attached hydrogens (tertiary/aromatic N) is 5. The van der Waals surface area contributed by atoms with Crippen molar-refractivity contribution in [3.8, 4) is 0 Å². The van der Waals surface area contributed by atoms with E-state index < -0.39 is 0 Å². The molecule has 0 aromatic carbocycles. The number of aromatic nitrogens is 4. The van der Waals surface area contributed by atoms with Crippen molar-refractivity contribution in [2.75, 3.05) is 17.2 Å². The fourth-order valence-corrected chi connectivity index (χ4v) is 4.66. The molecule has 0 aliphatic carbocycles. The third-order valence-corrected chi connectivity index (χ3v) is 5.90. The molecule has 0 bridgehead atoms. The maximum Gasteiger partial charge on any atom is 0.267 e. The summed E-state index contributed by atoms with van der Waals surface area (Å²) >= 11 is 1.87. The molecule has 7 heteroatoms. The van der Waals surface area contributed by atoms with Crippen LogP contribution in [0, 0.1) is 13.8 Å². The average molecular weight is 357 g/mol. The van der Waals surface area contributed by atoms with Crippen LogP contribution in [0.1, 0.15) is 35.5 Å². The minimum absolute atomic E-state index is 0.00874. The molecule has 1 saturated heterocycles. The highest BCUT2D eigenvalue weighted by Gasteiger charge is 2.28. The maximum atomic E-state index is 12.5. The van der Waals surface area contributed by atoms with Crippen LogP contribution >= 0.6 is 11.8 Å². The lowest BCUT2D eigenvalue weighted by atomic mass is 10.2. The summed E-state index contributed by atoms with van der Waals surface area (Å²) in [6.07, 6.45) is 3.09. The molecular formula is C18H23N5OS. The van der Waals surface area contributed by atoms with Crippen molar-refractivity contribution < 1.29 is 0 Å². The zero-order valence-electron chi connectivity index (χ0n) is 14.7. The van der Waals surface area contributed by atoms with Gasteiger partial charge in [-0.25, -0.2) is 14.6 Å². The van der Waals surface area contributed by atoms with E-state index in [0.29, 0.717) is 6.54 Å². The van der Waals surface area contributed by atoms with E-state index in [4.69, 9.17) is 0 Å². The Morgan fingerprint density at radius 3 is 2.84 bits per heavy atom. The van der Waals surface area contributed by atoms with Crippen molar-refractivity contribution in [3.05, 3.63) is 45.1 Å². The molecule has 6 nitrogen and oxygen atoms in total. The Bertz CT molecular complexity index is 830. The molecule has 25 heavy (non-hydrogen) atoms. The molecular weight excluding hydrogens is 334 g/mol. The summed E-state index contributed by atoms with van der Waals surface area (Å²) in [5.74, 6) is 2.77. The Hall–Kier alpha value is -1.89. The van der Waals surface area contributed by atoms with Gasteiger partial charge in [0.2, 0.25) is 5.95 Å². The van der Waals surface area contributed by atoms with Crippen LogP contribution in [0.4, 0.5) is 5.95 Å². The highest BCUT2D eigenvalue weighted by molar-refractivity contribution is 7.98. The van der Waals surface area contributed by atoms with Gasteiger partial charge in [0.05, 0.1) is 18.3 Å². The predicted molar refractivity (Wildman–Crippen MR) is 100 cm³/mol. The highest BCUT2D eigenvalue weighted by Crippen LogP contribution is 2.25. The summed E-state index contributed by atoms with van der Waals surface area (Å²) in [6, 6.07) is 3.99. The molecule has 2 aromatic heterocycles. The van der Waals surface area contributed by atoms with E-state index in [0.717, 1.165) is 65.9 Å². The van der Waals surface area contributed by atoms with Gasteiger partial charge in [0, 0.05) is 36.2 Å². The second-order valence-corrected chi connectivity index (χ2v) is 7.98. The quantitative estimate of drug-likeness (QED) is 0.838. The fraction of sp³-hybridized carbons (Fsp3) is 0.556. The van der Waals surface area contributed by atoms with Crippen LogP contribution in [-0.2, 0) is 18.7 Å². The van der Waals surface area contributed by atoms with Gasteiger partial charge in [0.15, 0.2) is 0 Å². The molecule has 0 spiro atoms. The molecule has 1 unspecified atom stereocenters. The minimum atomic E-state index is 0.00874. The summed E-state index contributed by atoms with van der Waals surface area (Å²) in [4.78, 5) is 23.9. The van der Waals surface area contributed by atoms with Crippen molar-refractivity contribution in [1.82, 2.24) is 19.7 Å². The Morgan fingerprint density at radius 1 is 1.24 bits per heavy atom. The normalized spacial score (nSPS) is 19.9. The summed E-state index contributed by atoms with van der Waals surface area (Å²) in [5.41, 5.74) is 4.17. The number of hydrogen-bond acceptors (Lipinski definition) is 6. The van der Waals surface area contributed by atoms with Crippen LogP contribution in [0.3, 0.4) is 0 Å². The van der Waals surface area contributed by atoms with Gasteiger partial charge in [-0.3, -0.25) is 4.79 Å². The van der Waals surface area contributed by atoms with Crippen LogP contribution in [0.2, 0.25) is 0 Å². The van der Waals surface area contributed by atoms with E-state index in [1.165, 1.54) is 0 Å². The first kappa shape index (κ1) is 16.6. The fourth-order valence-electron chi connectivity index (χ4n) is 3.71. The molecule has 4 heterocycles. The minimum Gasteiger partial charge on any atom is -0.336 e. The zero-order chi connectivity index (χ0) is 17.4. The highest BCUT2D eigenvalue weighted by atomic mass is 32.2. The van der Waals surface area contributed by atoms with Gasteiger partial charge >= 0.3 is 0 Å². The maximum absolute atomic E-state index is 12.5. The monoisotopic (exact) mass is 357 g/mol. The van der Waals surface area contributed by atoms with Crippen molar-refractivity contribution in [2.24, 2.45) is 0 Å². The Balaban J connectivity index is 1.60. The summed E-state index contributed by atoms with van der Waals surface area (Å²) in [7, 11) is 0. The largest absolute Gasteiger partial charge is 0.336 e. The number of aryl methyl sites for hydroxylation is 3. The van der Waals surface area contributed by atoms with Crippen molar-refractivity contribution in [3.63, 3.8) is 0 Å². The lowest BCUT2D eigenvalue weighted by molar-refractivity contribution is 0.477. The van der Waals surface area contributed by atoms with E-state index in [1.54, 1.807) is 10.7 Å². The molecule has 1 fully saturated rings. The van der Waals surface area contributed by atoms with Crippen LogP contribution in [0.15, 0.2) is 16.9 Å². The average Bonchev–Trinajstić information content (AvgIpc) is 3.03.